The van der Waals surface area contributed by atoms with E-state index < -0.39 is 9.74 Å². The second-order valence-corrected chi connectivity index (χ2v) is 9.87. The molecule has 3 aliphatic carbocycles. The van der Waals surface area contributed by atoms with Crippen LogP contribution in [0.2, 0.25) is 0 Å². The Morgan fingerprint density at radius 2 is 1.55 bits per heavy atom. The van der Waals surface area contributed by atoms with Gasteiger partial charge in [-0.15, -0.1) is 0 Å². The number of carbonyl (C=O) groups is 1. The molecule has 3 nitrogen and oxygen atoms in total. The van der Waals surface area contributed by atoms with Crippen LogP contribution in [-0.2, 0) is 15.5 Å². The molecule has 2 bridgehead atoms. The van der Waals surface area contributed by atoms with Crippen molar-refractivity contribution in [2.75, 3.05) is 6.54 Å². The van der Waals surface area contributed by atoms with Crippen molar-refractivity contribution in [2.45, 2.75) is 29.5 Å². The quantitative estimate of drug-likeness (QED) is 0.399. The molecule has 3 aromatic carbocycles. The maximum absolute atomic E-state index is 13.6. The lowest BCUT2D eigenvalue weighted by Crippen LogP contribution is -2.54. The third-order valence-corrected chi connectivity index (χ3v) is 7.92. The van der Waals surface area contributed by atoms with E-state index in [1.807, 2.05) is 42.5 Å². The van der Waals surface area contributed by atoms with Crippen LogP contribution in [0, 0.1) is 16.7 Å². The number of nitrogens with zero attached hydrogens (tertiary/aromatic N) is 1. The maximum atomic E-state index is 13.6. The van der Waals surface area contributed by atoms with Crippen molar-refractivity contribution in [2.24, 2.45) is 5.41 Å². The first kappa shape index (κ1) is 20.0. The monoisotopic (exact) mass is 470 g/mol. The molecule has 3 aliphatic rings. The van der Waals surface area contributed by atoms with Crippen LogP contribution in [0.15, 0.2) is 78.9 Å². The summed E-state index contributed by atoms with van der Waals surface area (Å²) in [4.78, 5) is 13.6. The fourth-order valence-corrected chi connectivity index (χ4v) is 6.57. The molecule has 0 fully saturated rings. The minimum absolute atomic E-state index is 0.166. The van der Waals surface area contributed by atoms with Crippen molar-refractivity contribution in [3.05, 3.63) is 107 Å². The van der Waals surface area contributed by atoms with E-state index >= 15 is 0 Å². The molecule has 154 valence electrons. The Kier molecular flexibility index (Phi) is 4.95. The maximum Gasteiger partial charge on any atom is 0.241 e. The molecule has 1 unspecified atom stereocenters. The molecule has 1 N–H and O–H groups in total. The van der Waals surface area contributed by atoms with Crippen molar-refractivity contribution in [3.63, 3.8) is 0 Å². The zero-order chi connectivity index (χ0) is 21.5. The fraction of sp³-hybridized carbons (Fsp3) is 0.259. The smallest absolute Gasteiger partial charge is 0.241 e. The summed E-state index contributed by atoms with van der Waals surface area (Å²) in [6.45, 7) is 0.558. The topological polar surface area (TPSA) is 52.9 Å². The number of carbonyl (C=O) groups excluding carboxylic acids is 1. The highest BCUT2D eigenvalue weighted by Gasteiger charge is 2.62. The third kappa shape index (κ3) is 3.03. The number of hydrogen-bond donors (Lipinski definition) is 1. The van der Waals surface area contributed by atoms with E-state index in [-0.39, 0.29) is 11.8 Å². The zero-order valence-electron chi connectivity index (χ0n) is 17.1. The molecule has 0 saturated heterocycles. The molecule has 0 heterocycles. The van der Waals surface area contributed by atoms with Crippen LogP contribution in [0.3, 0.4) is 0 Å². The number of hydrogen-bond acceptors (Lipinski definition) is 2. The van der Waals surface area contributed by atoms with E-state index in [9.17, 15) is 10.1 Å². The molecule has 4 heteroatoms. The van der Waals surface area contributed by atoms with Gasteiger partial charge in [-0.25, -0.2) is 0 Å². The van der Waals surface area contributed by atoms with Gasteiger partial charge >= 0.3 is 0 Å². The van der Waals surface area contributed by atoms with Crippen LogP contribution in [0.25, 0.3) is 0 Å². The highest BCUT2D eigenvalue weighted by atomic mass is 79.9. The van der Waals surface area contributed by atoms with Crippen molar-refractivity contribution in [1.29, 1.82) is 5.26 Å². The summed E-state index contributed by atoms with van der Waals surface area (Å²) < 4.78 is -0.536. The Bertz CT molecular complexity index is 1140. The fourth-order valence-electron chi connectivity index (χ4n) is 5.40. The molecule has 3 aromatic rings. The van der Waals surface area contributed by atoms with E-state index in [4.69, 9.17) is 0 Å². The van der Waals surface area contributed by atoms with E-state index in [2.05, 4.69) is 63.7 Å². The number of nitriles is 1. The summed E-state index contributed by atoms with van der Waals surface area (Å²) in [7, 11) is 0. The van der Waals surface area contributed by atoms with Crippen LogP contribution in [-0.4, -0.2) is 12.5 Å². The molecule has 1 atom stereocenters. The largest absolute Gasteiger partial charge is 0.355 e. The number of aryl methyl sites for hydroxylation is 1. The zero-order valence-corrected chi connectivity index (χ0v) is 18.7. The van der Waals surface area contributed by atoms with Gasteiger partial charge in [0.2, 0.25) is 5.91 Å². The third-order valence-electron chi connectivity index (χ3n) is 6.79. The van der Waals surface area contributed by atoms with E-state index in [0.29, 0.717) is 13.0 Å². The summed E-state index contributed by atoms with van der Waals surface area (Å²) in [5.41, 5.74) is 4.60. The number of benzene rings is 3. The van der Waals surface area contributed by atoms with Gasteiger partial charge in [0.05, 0.1) is 10.4 Å². The SMILES string of the molecule is N#CC1(C(=O)NCCCc2ccccc2)CC2(Br)c3ccccc3C1c1ccccc12. The first-order valence-electron chi connectivity index (χ1n) is 10.7. The molecule has 0 saturated carbocycles. The highest BCUT2D eigenvalue weighted by Crippen LogP contribution is 2.65. The van der Waals surface area contributed by atoms with Crippen LogP contribution in [0.5, 0.6) is 0 Å². The Morgan fingerprint density at radius 3 is 2.16 bits per heavy atom. The molecule has 1 amide bonds. The lowest BCUT2D eigenvalue weighted by atomic mass is 9.52. The summed E-state index contributed by atoms with van der Waals surface area (Å²) >= 11 is 4.00. The van der Waals surface area contributed by atoms with E-state index in [1.54, 1.807) is 0 Å². The first-order chi connectivity index (χ1) is 15.1. The predicted octanol–water partition coefficient (Wildman–Crippen LogP) is 5.43. The van der Waals surface area contributed by atoms with Gasteiger partial charge in [0.25, 0.3) is 0 Å². The average Bonchev–Trinajstić information content (AvgIpc) is 2.82. The van der Waals surface area contributed by atoms with E-state index in [0.717, 1.165) is 24.0 Å². The molecule has 31 heavy (non-hydrogen) atoms. The average molecular weight is 471 g/mol. The van der Waals surface area contributed by atoms with Gasteiger partial charge in [-0.1, -0.05) is 94.8 Å². The van der Waals surface area contributed by atoms with Crippen LogP contribution in [0.1, 0.15) is 46.6 Å². The second kappa shape index (κ2) is 7.66. The van der Waals surface area contributed by atoms with E-state index in [1.165, 1.54) is 16.7 Å². The Balaban J connectivity index is 1.46. The number of rotatable bonds is 5. The Hall–Kier alpha value is -2.90. The number of amides is 1. The summed E-state index contributed by atoms with van der Waals surface area (Å²) in [6, 6.07) is 29.2. The van der Waals surface area contributed by atoms with Gasteiger partial charge in [0.15, 0.2) is 0 Å². The minimum Gasteiger partial charge on any atom is -0.355 e. The van der Waals surface area contributed by atoms with Crippen LogP contribution >= 0.6 is 15.9 Å². The number of nitrogens with one attached hydrogen (secondary N) is 1. The molecule has 6 rings (SSSR count). The van der Waals surface area contributed by atoms with Gasteiger partial charge < -0.3 is 5.32 Å². The first-order valence-corrected chi connectivity index (χ1v) is 11.5. The Labute approximate surface area is 191 Å². The van der Waals surface area contributed by atoms with Crippen molar-refractivity contribution < 1.29 is 4.79 Å². The van der Waals surface area contributed by atoms with Crippen molar-refractivity contribution in [3.8, 4) is 6.07 Å². The van der Waals surface area contributed by atoms with Crippen LogP contribution < -0.4 is 5.32 Å². The minimum atomic E-state index is -1.14. The standard InChI is InChI=1S/C27H23BrN2O/c28-27-17-26(18-29,25(31)30-16-8-11-19-9-2-1-3-10-19)24(20-12-4-6-14-22(20)27)21-13-5-7-15-23(21)27/h1-7,9-10,12-15,24H,8,11,16-17H2,(H,30,31). The summed E-state index contributed by atoms with van der Waals surface area (Å²) in [5.74, 6) is -0.431. The molecular formula is C27H23BrN2O. The van der Waals surface area contributed by atoms with Gasteiger partial charge in [-0.05, 0) is 47.1 Å². The molecular weight excluding hydrogens is 448 g/mol. The van der Waals surface area contributed by atoms with Gasteiger partial charge in [0.1, 0.15) is 5.41 Å². The van der Waals surface area contributed by atoms with Gasteiger partial charge in [0, 0.05) is 12.5 Å². The molecule has 0 spiro atoms. The summed E-state index contributed by atoms with van der Waals surface area (Å²) in [5, 5.41) is 13.5. The van der Waals surface area contributed by atoms with Gasteiger partial charge in [-0.3, -0.25) is 4.79 Å². The molecule has 0 aliphatic heterocycles. The Morgan fingerprint density at radius 1 is 0.968 bits per heavy atom. The number of halogens is 1. The normalized spacial score (nSPS) is 25.2. The van der Waals surface area contributed by atoms with Crippen molar-refractivity contribution >= 4 is 21.8 Å². The lowest BCUT2D eigenvalue weighted by Gasteiger charge is -2.53. The highest BCUT2D eigenvalue weighted by molar-refractivity contribution is 9.09. The number of alkyl halides is 1. The lowest BCUT2D eigenvalue weighted by molar-refractivity contribution is -0.130. The van der Waals surface area contributed by atoms with Gasteiger partial charge in [-0.2, -0.15) is 5.26 Å². The van der Waals surface area contributed by atoms with Crippen LogP contribution in [0.4, 0.5) is 0 Å². The van der Waals surface area contributed by atoms with Crippen molar-refractivity contribution in [1.82, 2.24) is 5.32 Å². The summed E-state index contributed by atoms with van der Waals surface area (Å²) in [6.07, 6.45) is 2.17. The second-order valence-electron chi connectivity index (χ2n) is 8.51. The number of fused-ring (bicyclic) bond motifs is 1. The molecule has 0 aromatic heterocycles. The predicted molar refractivity (Wildman–Crippen MR) is 125 cm³/mol. The molecule has 0 radical (unpaired) electrons.